The lowest BCUT2D eigenvalue weighted by Gasteiger charge is -2.37. The van der Waals surface area contributed by atoms with Crippen molar-refractivity contribution in [3.63, 3.8) is 0 Å². The van der Waals surface area contributed by atoms with Gasteiger partial charge in [0.25, 0.3) is 0 Å². The summed E-state index contributed by atoms with van der Waals surface area (Å²) in [6.45, 7) is 10.6. The first kappa shape index (κ1) is 15.5. The highest BCUT2D eigenvalue weighted by atomic mass is 15.3. The fraction of sp³-hybridized carbons (Fsp3) is 0.647. The molecule has 1 unspecified atom stereocenters. The fourth-order valence-corrected chi connectivity index (χ4v) is 2.98. The number of nitrogens with zero attached hydrogens (tertiary/aromatic N) is 2. The molecule has 1 atom stereocenters. The number of hydrogen-bond acceptors (Lipinski definition) is 3. The summed E-state index contributed by atoms with van der Waals surface area (Å²) < 4.78 is 0. The Morgan fingerprint density at radius 2 is 1.70 bits per heavy atom. The van der Waals surface area contributed by atoms with E-state index in [9.17, 15) is 0 Å². The van der Waals surface area contributed by atoms with Crippen molar-refractivity contribution in [3.8, 4) is 0 Å². The molecule has 0 bridgehead atoms. The first-order valence-electron chi connectivity index (χ1n) is 7.89. The fourth-order valence-electron chi connectivity index (χ4n) is 2.98. The van der Waals surface area contributed by atoms with Crippen LogP contribution in [0.3, 0.4) is 0 Å². The lowest BCUT2D eigenvalue weighted by molar-refractivity contribution is 0.105. The van der Waals surface area contributed by atoms with E-state index < -0.39 is 0 Å². The van der Waals surface area contributed by atoms with Crippen molar-refractivity contribution < 1.29 is 0 Å². The summed E-state index contributed by atoms with van der Waals surface area (Å²) in [5.74, 6) is 0. The van der Waals surface area contributed by atoms with Gasteiger partial charge in [0.1, 0.15) is 0 Å². The van der Waals surface area contributed by atoms with E-state index in [-0.39, 0.29) is 0 Å². The Kier molecular flexibility index (Phi) is 6.02. The SMILES string of the molecule is CNC(CCN1CCN(C(C)C)CC1)c1ccccc1. The summed E-state index contributed by atoms with van der Waals surface area (Å²) >= 11 is 0. The first-order chi connectivity index (χ1) is 9.70. The van der Waals surface area contributed by atoms with Crippen molar-refractivity contribution in [1.82, 2.24) is 15.1 Å². The van der Waals surface area contributed by atoms with Crippen LogP contribution in [0.15, 0.2) is 30.3 Å². The standard InChI is InChI=1S/C17H29N3/c1-15(2)20-13-11-19(12-14-20)10-9-17(18-3)16-7-5-4-6-8-16/h4-8,15,17-18H,9-14H2,1-3H3. The van der Waals surface area contributed by atoms with Gasteiger partial charge in [-0.25, -0.2) is 0 Å². The highest BCUT2D eigenvalue weighted by Crippen LogP contribution is 2.17. The van der Waals surface area contributed by atoms with Gasteiger partial charge in [0.15, 0.2) is 0 Å². The van der Waals surface area contributed by atoms with Gasteiger partial charge in [0, 0.05) is 44.8 Å². The van der Waals surface area contributed by atoms with E-state index in [1.807, 2.05) is 0 Å². The molecule has 0 spiro atoms. The third kappa shape index (κ3) is 4.30. The Morgan fingerprint density at radius 1 is 1.05 bits per heavy atom. The molecular formula is C17H29N3. The summed E-state index contributed by atoms with van der Waals surface area (Å²) in [7, 11) is 2.06. The average Bonchev–Trinajstić information content (AvgIpc) is 2.49. The second-order valence-corrected chi connectivity index (χ2v) is 6.01. The molecule has 0 saturated carbocycles. The minimum absolute atomic E-state index is 0.472. The zero-order valence-corrected chi connectivity index (χ0v) is 13.2. The van der Waals surface area contributed by atoms with Gasteiger partial charge >= 0.3 is 0 Å². The Balaban J connectivity index is 1.77. The van der Waals surface area contributed by atoms with Crippen LogP contribution < -0.4 is 5.32 Å². The molecule has 0 aliphatic carbocycles. The molecule has 0 amide bonds. The predicted molar refractivity (Wildman–Crippen MR) is 86.0 cm³/mol. The first-order valence-corrected chi connectivity index (χ1v) is 7.89. The number of rotatable bonds is 6. The maximum absolute atomic E-state index is 3.45. The molecule has 1 saturated heterocycles. The molecule has 1 aliphatic rings. The number of piperazine rings is 1. The van der Waals surface area contributed by atoms with Crippen molar-refractivity contribution in [3.05, 3.63) is 35.9 Å². The van der Waals surface area contributed by atoms with E-state index in [1.165, 1.54) is 44.7 Å². The molecular weight excluding hydrogens is 246 g/mol. The highest BCUT2D eigenvalue weighted by molar-refractivity contribution is 5.18. The lowest BCUT2D eigenvalue weighted by atomic mass is 10.0. The quantitative estimate of drug-likeness (QED) is 0.860. The van der Waals surface area contributed by atoms with E-state index in [1.54, 1.807) is 0 Å². The van der Waals surface area contributed by atoms with Crippen LogP contribution in [0.4, 0.5) is 0 Å². The third-order valence-corrected chi connectivity index (χ3v) is 4.42. The van der Waals surface area contributed by atoms with Gasteiger partial charge in [-0.3, -0.25) is 4.90 Å². The Bertz CT molecular complexity index is 369. The molecule has 2 rings (SSSR count). The van der Waals surface area contributed by atoms with Gasteiger partial charge in [0.2, 0.25) is 0 Å². The van der Waals surface area contributed by atoms with Gasteiger partial charge in [-0.15, -0.1) is 0 Å². The molecule has 1 fully saturated rings. The molecule has 0 radical (unpaired) electrons. The van der Waals surface area contributed by atoms with Crippen molar-refractivity contribution >= 4 is 0 Å². The Hall–Kier alpha value is -0.900. The monoisotopic (exact) mass is 275 g/mol. The van der Waals surface area contributed by atoms with E-state index in [0.717, 1.165) is 0 Å². The number of hydrogen-bond donors (Lipinski definition) is 1. The second-order valence-electron chi connectivity index (χ2n) is 6.01. The van der Waals surface area contributed by atoms with Gasteiger partial charge in [-0.05, 0) is 32.9 Å². The summed E-state index contributed by atoms with van der Waals surface area (Å²) in [5, 5.41) is 3.45. The third-order valence-electron chi connectivity index (χ3n) is 4.42. The van der Waals surface area contributed by atoms with Crippen molar-refractivity contribution in [2.75, 3.05) is 39.8 Å². The normalized spacial score (nSPS) is 19.4. The molecule has 1 aliphatic heterocycles. The minimum atomic E-state index is 0.472. The van der Waals surface area contributed by atoms with Gasteiger partial charge in [0.05, 0.1) is 0 Å². The molecule has 112 valence electrons. The van der Waals surface area contributed by atoms with Crippen LogP contribution in [0.2, 0.25) is 0 Å². The number of nitrogens with one attached hydrogen (secondary N) is 1. The van der Waals surface area contributed by atoms with Crippen LogP contribution >= 0.6 is 0 Å². The van der Waals surface area contributed by atoms with E-state index >= 15 is 0 Å². The zero-order chi connectivity index (χ0) is 14.4. The minimum Gasteiger partial charge on any atom is -0.313 e. The van der Waals surface area contributed by atoms with Crippen LogP contribution in [0.5, 0.6) is 0 Å². The Labute approximate surface area is 124 Å². The molecule has 0 aromatic heterocycles. The molecule has 3 heteroatoms. The molecule has 1 N–H and O–H groups in total. The topological polar surface area (TPSA) is 18.5 Å². The molecule has 1 aromatic carbocycles. The van der Waals surface area contributed by atoms with Gasteiger partial charge in [-0.1, -0.05) is 30.3 Å². The summed E-state index contributed by atoms with van der Waals surface area (Å²) in [4.78, 5) is 5.18. The van der Waals surface area contributed by atoms with Crippen LogP contribution in [0.25, 0.3) is 0 Å². The maximum atomic E-state index is 3.45. The van der Waals surface area contributed by atoms with Crippen molar-refractivity contribution in [2.24, 2.45) is 0 Å². The predicted octanol–water partition coefficient (Wildman–Crippen LogP) is 2.36. The Morgan fingerprint density at radius 3 is 2.25 bits per heavy atom. The van der Waals surface area contributed by atoms with Gasteiger partial charge < -0.3 is 10.2 Å². The maximum Gasteiger partial charge on any atom is 0.0329 e. The molecule has 1 aromatic rings. The largest absolute Gasteiger partial charge is 0.313 e. The highest BCUT2D eigenvalue weighted by Gasteiger charge is 2.19. The van der Waals surface area contributed by atoms with E-state index in [4.69, 9.17) is 0 Å². The molecule has 3 nitrogen and oxygen atoms in total. The molecule has 20 heavy (non-hydrogen) atoms. The van der Waals surface area contributed by atoms with Crippen LogP contribution in [0, 0.1) is 0 Å². The summed E-state index contributed by atoms with van der Waals surface area (Å²) in [6, 6.07) is 11.9. The number of benzene rings is 1. The zero-order valence-electron chi connectivity index (χ0n) is 13.2. The van der Waals surface area contributed by atoms with Crippen LogP contribution in [-0.4, -0.2) is 55.6 Å². The van der Waals surface area contributed by atoms with Crippen LogP contribution in [-0.2, 0) is 0 Å². The average molecular weight is 275 g/mol. The summed E-state index contributed by atoms with van der Waals surface area (Å²) in [5.41, 5.74) is 1.40. The smallest absolute Gasteiger partial charge is 0.0329 e. The van der Waals surface area contributed by atoms with E-state index in [2.05, 4.69) is 66.3 Å². The van der Waals surface area contributed by atoms with Crippen molar-refractivity contribution in [2.45, 2.75) is 32.4 Å². The van der Waals surface area contributed by atoms with Crippen molar-refractivity contribution in [1.29, 1.82) is 0 Å². The van der Waals surface area contributed by atoms with Crippen LogP contribution in [0.1, 0.15) is 31.9 Å². The van der Waals surface area contributed by atoms with E-state index in [0.29, 0.717) is 12.1 Å². The second kappa shape index (κ2) is 7.77. The van der Waals surface area contributed by atoms with Gasteiger partial charge in [-0.2, -0.15) is 0 Å². The lowest BCUT2D eigenvalue weighted by Crippen LogP contribution is -2.49. The molecule has 1 heterocycles. The summed E-state index contributed by atoms with van der Waals surface area (Å²) in [6.07, 6.45) is 1.18.